The van der Waals surface area contributed by atoms with Gasteiger partial charge in [0.1, 0.15) is 0 Å². The zero-order chi connectivity index (χ0) is 19.2. The van der Waals surface area contributed by atoms with E-state index in [1.54, 1.807) is 0 Å². The first-order chi connectivity index (χ1) is 11.3. The molecule has 11 heteroatoms. The van der Waals surface area contributed by atoms with Crippen molar-refractivity contribution in [3.63, 3.8) is 0 Å². The number of rotatable bonds is 2. The maximum Gasteiger partial charge on any atom is 0.217 e. The fourth-order valence-corrected chi connectivity index (χ4v) is 5.82. The van der Waals surface area contributed by atoms with Gasteiger partial charge in [-0.1, -0.05) is 117 Å². The Labute approximate surface area is 184 Å². The van der Waals surface area contributed by atoms with Gasteiger partial charge >= 0.3 is 0 Å². The van der Waals surface area contributed by atoms with Crippen LogP contribution >= 0.6 is 92.8 Å². The summed E-state index contributed by atoms with van der Waals surface area (Å²) in [7, 11) is -4.18. The molecule has 0 atom stereocenters. The van der Waals surface area contributed by atoms with Crippen LogP contribution < -0.4 is 0 Å². The first kappa shape index (κ1) is 22.0. The molecule has 0 heterocycles. The van der Waals surface area contributed by atoms with E-state index in [0.717, 1.165) is 0 Å². The van der Waals surface area contributed by atoms with Crippen LogP contribution in [0.15, 0.2) is 46.2 Å². The number of alkyl halides is 6. The van der Waals surface area contributed by atoms with Crippen LogP contribution in [0.25, 0.3) is 0 Å². The molecule has 136 valence electrons. The smallest absolute Gasteiger partial charge is 0.217 e. The van der Waals surface area contributed by atoms with Gasteiger partial charge in [-0.15, -0.1) is 0 Å². The third-order valence-electron chi connectivity index (χ3n) is 3.12. The molecule has 2 rings (SSSR count). The first-order valence-corrected chi connectivity index (χ1v) is 10.7. The van der Waals surface area contributed by atoms with Crippen molar-refractivity contribution in [1.29, 1.82) is 0 Å². The van der Waals surface area contributed by atoms with E-state index < -0.39 is 17.4 Å². The van der Waals surface area contributed by atoms with Crippen LogP contribution in [0.3, 0.4) is 0 Å². The van der Waals surface area contributed by atoms with E-state index in [1.807, 2.05) is 0 Å². The van der Waals surface area contributed by atoms with Crippen LogP contribution in [0, 0.1) is 0 Å². The van der Waals surface area contributed by atoms with Crippen molar-refractivity contribution in [3.05, 3.63) is 57.6 Å². The minimum absolute atomic E-state index is 0.00824. The molecule has 0 N–H and O–H groups in total. The van der Waals surface area contributed by atoms with E-state index in [4.69, 9.17) is 92.8 Å². The summed E-state index contributed by atoms with van der Waals surface area (Å²) in [5, 5.41) is -0.476. The van der Waals surface area contributed by atoms with E-state index in [9.17, 15) is 8.42 Å². The van der Waals surface area contributed by atoms with Crippen molar-refractivity contribution in [2.75, 3.05) is 0 Å². The molecule has 2 nitrogen and oxygen atoms in total. The average molecular weight is 522 g/mol. The van der Waals surface area contributed by atoms with Crippen LogP contribution in [0.2, 0.25) is 10.0 Å². The highest BCUT2D eigenvalue weighted by molar-refractivity contribution is 7.91. The largest absolute Gasteiger partial charge is 0.218 e. The lowest BCUT2D eigenvalue weighted by molar-refractivity contribution is 0.596. The lowest BCUT2D eigenvalue weighted by atomic mass is 10.2. The fourth-order valence-electron chi connectivity index (χ4n) is 1.99. The highest BCUT2D eigenvalue weighted by Crippen LogP contribution is 2.47. The number of halogens is 8. The molecule has 0 aliphatic rings. The molecule has 0 saturated heterocycles. The zero-order valence-electron chi connectivity index (χ0n) is 11.7. The quantitative estimate of drug-likeness (QED) is 0.384. The van der Waals surface area contributed by atoms with Crippen molar-refractivity contribution >= 4 is 103 Å². The maximum atomic E-state index is 13.0. The highest BCUT2D eigenvalue weighted by Gasteiger charge is 2.34. The molecule has 0 amide bonds. The number of benzene rings is 2. The summed E-state index contributed by atoms with van der Waals surface area (Å²) < 4.78 is 22.2. The van der Waals surface area contributed by atoms with Gasteiger partial charge in [-0.05, 0) is 12.1 Å². The molecule has 25 heavy (non-hydrogen) atoms. The SMILES string of the molecule is O=S(=O)(c1cccc(C(Cl)(Cl)Cl)c1Cl)c1cccc(C(Cl)(Cl)Cl)c1Cl. The number of sulfone groups is 1. The van der Waals surface area contributed by atoms with Crippen LogP contribution in [-0.4, -0.2) is 8.42 Å². The maximum absolute atomic E-state index is 13.0. The molecule has 0 aliphatic carbocycles. The monoisotopic (exact) mass is 518 g/mol. The van der Waals surface area contributed by atoms with Crippen LogP contribution in [0.5, 0.6) is 0 Å². The molecule has 0 fully saturated rings. The fraction of sp³-hybridized carbons (Fsp3) is 0.143. The van der Waals surface area contributed by atoms with Crippen molar-refractivity contribution in [1.82, 2.24) is 0 Å². The Bertz CT molecular complexity index is 844. The van der Waals surface area contributed by atoms with Crippen LogP contribution in [0.1, 0.15) is 11.1 Å². The summed E-state index contributed by atoms with van der Waals surface area (Å²) in [5.74, 6) is 0. The summed E-state index contributed by atoms with van der Waals surface area (Å²) in [5.41, 5.74) is 0.0165. The van der Waals surface area contributed by atoms with Gasteiger partial charge < -0.3 is 0 Å². The van der Waals surface area contributed by atoms with E-state index >= 15 is 0 Å². The Morgan fingerprint density at radius 1 is 0.640 bits per heavy atom. The van der Waals surface area contributed by atoms with Gasteiger partial charge in [0.15, 0.2) is 0 Å². The van der Waals surface area contributed by atoms with Gasteiger partial charge in [0, 0.05) is 11.1 Å². The van der Waals surface area contributed by atoms with Crippen molar-refractivity contribution in [2.24, 2.45) is 0 Å². The van der Waals surface area contributed by atoms with Crippen molar-refractivity contribution in [2.45, 2.75) is 17.4 Å². The van der Waals surface area contributed by atoms with Gasteiger partial charge in [0.25, 0.3) is 0 Å². The highest BCUT2D eigenvalue weighted by atomic mass is 35.6. The van der Waals surface area contributed by atoms with Crippen LogP contribution in [0.4, 0.5) is 0 Å². The predicted molar refractivity (Wildman–Crippen MR) is 107 cm³/mol. The van der Waals surface area contributed by atoms with E-state index in [-0.39, 0.29) is 31.0 Å². The van der Waals surface area contributed by atoms with E-state index in [1.165, 1.54) is 36.4 Å². The zero-order valence-corrected chi connectivity index (χ0v) is 18.6. The molecule has 0 unspecified atom stereocenters. The topological polar surface area (TPSA) is 34.1 Å². The average Bonchev–Trinajstić information content (AvgIpc) is 2.44. The minimum Gasteiger partial charge on any atom is -0.218 e. The standard InChI is InChI=1S/C14H6Cl8O2S/c15-11-7(13(17,18)19)3-1-5-9(11)25(23,24)10-6-2-4-8(12(10)16)14(20,21)22/h1-6H. The second kappa shape index (κ2) is 7.62. The van der Waals surface area contributed by atoms with Crippen molar-refractivity contribution in [3.8, 4) is 0 Å². The second-order valence-electron chi connectivity index (χ2n) is 4.73. The minimum atomic E-state index is -4.18. The molecule has 0 spiro atoms. The number of hydrogen-bond acceptors (Lipinski definition) is 2. The van der Waals surface area contributed by atoms with E-state index in [2.05, 4.69) is 0 Å². The molecule has 0 aliphatic heterocycles. The lowest BCUT2D eigenvalue weighted by Crippen LogP contribution is -2.10. The third-order valence-corrected chi connectivity index (χ3v) is 7.21. The Morgan fingerprint density at radius 3 is 1.24 bits per heavy atom. The van der Waals surface area contributed by atoms with Gasteiger partial charge in [0.05, 0.1) is 19.8 Å². The Kier molecular flexibility index (Phi) is 6.70. The molecule has 2 aromatic rings. The molecule has 0 saturated carbocycles. The molecule has 2 aromatic carbocycles. The Morgan fingerprint density at radius 2 is 0.960 bits per heavy atom. The van der Waals surface area contributed by atoms with Gasteiger partial charge in [-0.2, -0.15) is 0 Å². The van der Waals surface area contributed by atoms with Crippen molar-refractivity contribution < 1.29 is 8.42 Å². The first-order valence-electron chi connectivity index (χ1n) is 6.24. The molecular formula is C14H6Cl8O2S. The summed E-state index contributed by atoms with van der Waals surface area (Å²) in [6.45, 7) is 0. The molecular weight excluding hydrogens is 516 g/mol. The van der Waals surface area contributed by atoms with E-state index in [0.29, 0.717) is 0 Å². The summed E-state index contributed by atoms with van der Waals surface area (Å²) >= 11 is 47.2. The van der Waals surface area contributed by atoms with Gasteiger partial charge in [-0.25, -0.2) is 8.42 Å². The Hall–Kier alpha value is 0.710. The summed E-state index contributed by atoms with van der Waals surface area (Å²) in [6, 6.07) is 8.10. The molecule has 0 aromatic heterocycles. The second-order valence-corrected chi connectivity index (χ2v) is 11.9. The van der Waals surface area contributed by atoms with Gasteiger partial charge in [0.2, 0.25) is 17.4 Å². The molecule has 0 bridgehead atoms. The Balaban J connectivity index is 2.74. The number of hydrogen-bond donors (Lipinski definition) is 0. The normalized spacial score (nSPS) is 13.1. The lowest BCUT2D eigenvalue weighted by Gasteiger charge is -2.18. The van der Waals surface area contributed by atoms with Crippen LogP contribution in [-0.2, 0) is 17.4 Å². The summed E-state index contributed by atoms with van der Waals surface area (Å²) in [6.07, 6.45) is 0. The third kappa shape index (κ3) is 4.59. The predicted octanol–water partition coefficient (Wildman–Crippen LogP) is 7.48. The summed E-state index contributed by atoms with van der Waals surface area (Å²) in [4.78, 5) is -0.581. The molecule has 0 radical (unpaired) electrons. The van der Waals surface area contributed by atoms with Gasteiger partial charge in [-0.3, -0.25) is 0 Å².